The largest absolute Gasteiger partial charge is 0.438 e. The SMILES string of the molecule is CCC(C)c1ccccc1Oc1cc(Cl)nc2ncnn12. The van der Waals surface area contributed by atoms with Gasteiger partial charge in [0.1, 0.15) is 17.2 Å². The molecule has 0 aliphatic carbocycles. The van der Waals surface area contributed by atoms with Crippen LogP contribution >= 0.6 is 11.6 Å². The van der Waals surface area contributed by atoms with Crippen LogP contribution in [0.2, 0.25) is 5.15 Å². The standard InChI is InChI=1S/C15H15ClN4O/c1-3-10(2)11-6-4-5-7-12(11)21-14-8-13(16)19-15-17-9-18-20(14)15/h4-10H,3H2,1-2H3. The first-order chi connectivity index (χ1) is 10.2. The maximum atomic E-state index is 6.02. The Kier molecular flexibility index (Phi) is 3.75. The quantitative estimate of drug-likeness (QED) is 0.681. The fraction of sp³-hybridized carbons (Fsp3) is 0.267. The average molecular weight is 303 g/mol. The molecule has 5 nitrogen and oxygen atoms in total. The van der Waals surface area contributed by atoms with Gasteiger partial charge in [-0.3, -0.25) is 0 Å². The molecule has 0 bridgehead atoms. The van der Waals surface area contributed by atoms with Gasteiger partial charge in [0.2, 0.25) is 5.88 Å². The first-order valence-electron chi connectivity index (χ1n) is 6.82. The van der Waals surface area contributed by atoms with Crippen molar-refractivity contribution >= 4 is 17.4 Å². The third-order valence-electron chi connectivity index (χ3n) is 3.46. The van der Waals surface area contributed by atoms with Crippen molar-refractivity contribution in [1.29, 1.82) is 0 Å². The van der Waals surface area contributed by atoms with Crippen molar-refractivity contribution in [3.05, 3.63) is 47.4 Å². The van der Waals surface area contributed by atoms with Crippen LogP contribution in [0.1, 0.15) is 31.7 Å². The molecule has 3 aromatic rings. The van der Waals surface area contributed by atoms with Crippen molar-refractivity contribution in [3.63, 3.8) is 0 Å². The van der Waals surface area contributed by atoms with Gasteiger partial charge in [0, 0.05) is 6.07 Å². The zero-order chi connectivity index (χ0) is 14.8. The lowest BCUT2D eigenvalue weighted by atomic mass is 9.98. The molecule has 6 heteroatoms. The van der Waals surface area contributed by atoms with E-state index in [9.17, 15) is 0 Å². The van der Waals surface area contributed by atoms with E-state index < -0.39 is 0 Å². The van der Waals surface area contributed by atoms with E-state index in [1.165, 1.54) is 10.8 Å². The number of hydrogen-bond acceptors (Lipinski definition) is 4. The molecular formula is C15H15ClN4O. The normalized spacial score (nSPS) is 12.5. The highest BCUT2D eigenvalue weighted by Gasteiger charge is 2.13. The summed E-state index contributed by atoms with van der Waals surface area (Å²) in [4.78, 5) is 8.12. The van der Waals surface area contributed by atoms with Crippen LogP contribution in [0.5, 0.6) is 11.6 Å². The van der Waals surface area contributed by atoms with E-state index in [-0.39, 0.29) is 0 Å². The summed E-state index contributed by atoms with van der Waals surface area (Å²) in [6, 6.07) is 9.61. The van der Waals surface area contributed by atoms with Gasteiger partial charge in [-0.2, -0.15) is 19.6 Å². The molecule has 0 saturated carbocycles. The van der Waals surface area contributed by atoms with Crippen molar-refractivity contribution < 1.29 is 4.74 Å². The van der Waals surface area contributed by atoms with Crippen LogP contribution in [0.4, 0.5) is 0 Å². The van der Waals surface area contributed by atoms with Gasteiger partial charge >= 0.3 is 0 Å². The van der Waals surface area contributed by atoms with Crippen LogP contribution < -0.4 is 4.74 Å². The highest BCUT2D eigenvalue weighted by atomic mass is 35.5. The monoisotopic (exact) mass is 302 g/mol. The summed E-state index contributed by atoms with van der Waals surface area (Å²) in [5.74, 6) is 2.12. The van der Waals surface area contributed by atoms with E-state index in [1.54, 1.807) is 6.07 Å². The van der Waals surface area contributed by atoms with E-state index in [1.807, 2.05) is 18.2 Å². The minimum atomic E-state index is 0.325. The van der Waals surface area contributed by atoms with Gasteiger partial charge in [0.25, 0.3) is 5.78 Å². The molecule has 0 radical (unpaired) electrons. The highest BCUT2D eigenvalue weighted by molar-refractivity contribution is 6.29. The Balaban J connectivity index is 2.05. The fourth-order valence-corrected chi connectivity index (χ4v) is 2.31. The van der Waals surface area contributed by atoms with Crippen molar-refractivity contribution in [1.82, 2.24) is 19.6 Å². The molecule has 0 fully saturated rings. The third kappa shape index (κ3) is 2.69. The van der Waals surface area contributed by atoms with Crippen LogP contribution in [0.3, 0.4) is 0 Å². The minimum absolute atomic E-state index is 0.325. The summed E-state index contributed by atoms with van der Waals surface area (Å²) in [7, 11) is 0. The molecule has 1 atom stereocenters. The fourth-order valence-electron chi connectivity index (χ4n) is 2.14. The Morgan fingerprint density at radius 2 is 2.14 bits per heavy atom. The highest BCUT2D eigenvalue weighted by Crippen LogP contribution is 2.32. The van der Waals surface area contributed by atoms with Crippen LogP contribution in [0.15, 0.2) is 36.7 Å². The number of rotatable bonds is 4. The summed E-state index contributed by atoms with van der Waals surface area (Å²) < 4.78 is 7.55. The smallest absolute Gasteiger partial charge is 0.256 e. The summed E-state index contributed by atoms with van der Waals surface area (Å²) in [5, 5.41) is 4.44. The molecule has 0 spiro atoms. The topological polar surface area (TPSA) is 52.3 Å². The van der Waals surface area contributed by atoms with Crippen molar-refractivity contribution in [3.8, 4) is 11.6 Å². The predicted molar refractivity (Wildman–Crippen MR) is 81.0 cm³/mol. The van der Waals surface area contributed by atoms with Crippen molar-refractivity contribution in [2.24, 2.45) is 0 Å². The molecule has 0 saturated heterocycles. The lowest BCUT2D eigenvalue weighted by Crippen LogP contribution is -2.01. The van der Waals surface area contributed by atoms with Gasteiger partial charge in [-0.25, -0.2) is 0 Å². The van der Waals surface area contributed by atoms with Crippen molar-refractivity contribution in [2.75, 3.05) is 0 Å². The molecule has 2 aromatic heterocycles. The first-order valence-corrected chi connectivity index (χ1v) is 7.20. The number of nitrogens with zero attached hydrogens (tertiary/aromatic N) is 4. The maximum absolute atomic E-state index is 6.02. The van der Waals surface area contributed by atoms with Gasteiger partial charge in [-0.15, -0.1) is 0 Å². The van der Waals surface area contributed by atoms with Crippen LogP contribution in [0.25, 0.3) is 5.78 Å². The molecule has 0 N–H and O–H groups in total. The molecular weight excluding hydrogens is 288 g/mol. The summed E-state index contributed by atoms with van der Waals surface area (Å²) in [6.45, 7) is 4.33. The number of benzene rings is 1. The minimum Gasteiger partial charge on any atom is -0.438 e. The van der Waals surface area contributed by atoms with Gasteiger partial charge in [0.05, 0.1) is 0 Å². The zero-order valence-corrected chi connectivity index (χ0v) is 12.6. The molecule has 21 heavy (non-hydrogen) atoms. The second-order valence-electron chi connectivity index (χ2n) is 4.84. The predicted octanol–water partition coefficient (Wildman–Crippen LogP) is 4.08. The number of fused-ring (bicyclic) bond motifs is 1. The average Bonchev–Trinajstić information content (AvgIpc) is 2.95. The van der Waals surface area contributed by atoms with E-state index in [0.717, 1.165) is 17.7 Å². The lowest BCUT2D eigenvalue weighted by molar-refractivity contribution is 0.436. The van der Waals surface area contributed by atoms with Crippen molar-refractivity contribution in [2.45, 2.75) is 26.2 Å². The van der Waals surface area contributed by atoms with E-state index >= 15 is 0 Å². The second-order valence-corrected chi connectivity index (χ2v) is 5.23. The molecule has 1 aromatic carbocycles. The summed E-state index contributed by atoms with van der Waals surface area (Å²) >= 11 is 6.00. The number of halogens is 1. The second kappa shape index (κ2) is 5.69. The Morgan fingerprint density at radius 3 is 2.95 bits per heavy atom. The molecule has 1 unspecified atom stereocenters. The molecule has 2 heterocycles. The number of para-hydroxylation sites is 1. The number of hydrogen-bond donors (Lipinski definition) is 0. The molecule has 3 rings (SSSR count). The molecule has 108 valence electrons. The number of ether oxygens (including phenoxy) is 1. The summed E-state index contributed by atoms with van der Waals surface area (Å²) in [6.07, 6.45) is 2.46. The van der Waals surface area contributed by atoms with E-state index in [0.29, 0.717) is 22.7 Å². The zero-order valence-electron chi connectivity index (χ0n) is 11.8. The van der Waals surface area contributed by atoms with E-state index in [2.05, 4.69) is 35.0 Å². The summed E-state index contributed by atoms with van der Waals surface area (Å²) in [5.41, 5.74) is 1.15. The van der Waals surface area contributed by atoms with E-state index in [4.69, 9.17) is 16.3 Å². The molecule has 0 amide bonds. The van der Waals surface area contributed by atoms with Crippen LogP contribution in [-0.2, 0) is 0 Å². The maximum Gasteiger partial charge on any atom is 0.256 e. The molecule has 0 aliphatic heterocycles. The van der Waals surface area contributed by atoms with Crippen LogP contribution in [-0.4, -0.2) is 19.6 Å². The Morgan fingerprint density at radius 1 is 1.33 bits per heavy atom. The molecule has 0 aliphatic rings. The number of aromatic nitrogens is 4. The third-order valence-corrected chi connectivity index (χ3v) is 3.66. The Bertz CT molecular complexity index is 771. The Labute approximate surface area is 127 Å². The van der Waals surface area contributed by atoms with Gasteiger partial charge in [0.15, 0.2) is 0 Å². The van der Waals surface area contributed by atoms with Gasteiger partial charge < -0.3 is 4.74 Å². The lowest BCUT2D eigenvalue weighted by Gasteiger charge is -2.15. The first kappa shape index (κ1) is 13.8. The Hall–Kier alpha value is -2.14. The van der Waals surface area contributed by atoms with Gasteiger partial charge in [-0.05, 0) is 24.0 Å². The van der Waals surface area contributed by atoms with Crippen LogP contribution in [0, 0.1) is 0 Å². The van der Waals surface area contributed by atoms with Gasteiger partial charge in [-0.1, -0.05) is 43.6 Å².